The summed E-state index contributed by atoms with van der Waals surface area (Å²) >= 11 is 0. The maximum absolute atomic E-state index is 12.8. The van der Waals surface area contributed by atoms with Crippen LogP contribution in [0.3, 0.4) is 0 Å². The Labute approximate surface area is 373 Å². The molecule has 5 heteroatoms. The van der Waals surface area contributed by atoms with Gasteiger partial charge in [0, 0.05) is 19.4 Å². The van der Waals surface area contributed by atoms with E-state index in [0.29, 0.717) is 25.9 Å². The summed E-state index contributed by atoms with van der Waals surface area (Å²) < 4.78 is 17.3. The van der Waals surface area contributed by atoms with Crippen molar-refractivity contribution in [1.82, 2.24) is 0 Å². The molecule has 0 aliphatic carbocycles. The van der Waals surface area contributed by atoms with Crippen LogP contribution in [0.25, 0.3) is 0 Å². The standard InChI is InChI=1S/C55H100O5/c1-4-7-10-13-16-19-22-24-25-26-27-28-29-30-32-35-38-41-44-47-50-58-51-53(60-55(57)49-46-43-40-37-33-21-18-15-12-9-6-3)52-59-54(56)48-45-42-39-36-34-31-23-20-17-14-11-8-5-2/h8,11,17,20,31,34,39,42,53H,4-7,9-10,12-16,18-19,21-30,32-33,35-38,40-41,43-52H2,1-3H3/b11-8-,20-17-,34-31-,42-39-. The fourth-order valence-corrected chi connectivity index (χ4v) is 7.53. The third-order valence-corrected chi connectivity index (χ3v) is 11.4. The summed E-state index contributed by atoms with van der Waals surface area (Å²) in [6.45, 7) is 7.67. The van der Waals surface area contributed by atoms with Crippen molar-refractivity contribution < 1.29 is 23.8 Å². The summed E-state index contributed by atoms with van der Waals surface area (Å²) in [6, 6.07) is 0. The van der Waals surface area contributed by atoms with E-state index in [1.165, 1.54) is 173 Å². The van der Waals surface area contributed by atoms with Crippen molar-refractivity contribution in [2.45, 2.75) is 271 Å². The summed E-state index contributed by atoms with van der Waals surface area (Å²) in [4.78, 5) is 25.3. The lowest BCUT2D eigenvalue weighted by Crippen LogP contribution is -2.30. The first-order chi connectivity index (χ1) is 29.6. The molecule has 1 unspecified atom stereocenters. The van der Waals surface area contributed by atoms with Gasteiger partial charge in [0.1, 0.15) is 6.61 Å². The van der Waals surface area contributed by atoms with Crippen LogP contribution in [0, 0.1) is 0 Å². The molecule has 0 aliphatic heterocycles. The highest BCUT2D eigenvalue weighted by Crippen LogP contribution is 2.16. The van der Waals surface area contributed by atoms with E-state index in [0.717, 1.165) is 51.4 Å². The van der Waals surface area contributed by atoms with Crippen molar-refractivity contribution in [3.05, 3.63) is 48.6 Å². The second-order valence-corrected chi connectivity index (χ2v) is 17.4. The molecular weight excluding hydrogens is 741 g/mol. The van der Waals surface area contributed by atoms with Crippen molar-refractivity contribution in [1.29, 1.82) is 0 Å². The normalized spacial score (nSPS) is 12.5. The maximum atomic E-state index is 12.8. The van der Waals surface area contributed by atoms with Crippen LogP contribution in [0.5, 0.6) is 0 Å². The summed E-state index contributed by atoms with van der Waals surface area (Å²) in [5, 5.41) is 0. The summed E-state index contributed by atoms with van der Waals surface area (Å²) in [7, 11) is 0. The molecule has 0 fully saturated rings. The zero-order chi connectivity index (χ0) is 43.5. The van der Waals surface area contributed by atoms with Gasteiger partial charge in [-0.2, -0.15) is 0 Å². The van der Waals surface area contributed by atoms with Gasteiger partial charge in [0.25, 0.3) is 0 Å². The predicted octanol–water partition coefficient (Wildman–Crippen LogP) is 17.6. The molecule has 350 valence electrons. The fraction of sp³-hybridized carbons (Fsp3) is 0.818. The summed E-state index contributed by atoms with van der Waals surface area (Å²) in [6.07, 6.45) is 62.9. The molecular formula is C55H100O5. The molecule has 0 radical (unpaired) electrons. The minimum Gasteiger partial charge on any atom is -0.462 e. The van der Waals surface area contributed by atoms with Gasteiger partial charge < -0.3 is 14.2 Å². The SMILES string of the molecule is CC/C=C\C/C=C\C/C=C\C/C=C\CCC(=O)OCC(COCCCCCCCCCCCCCCCCCCCCCC)OC(=O)CCCCCCCCCCCCC. The molecule has 0 saturated heterocycles. The monoisotopic (exact) mass is 841 g/mol. The van der Waals surface area contributed by atoms with Crippen LogP contribution in [0.4, 0.5) is 0 Å². The van der Waals surface area contributed by atoms with Crippen LogP contribution in [-0.4, -0.2) is 37.9 Å². The lowest BCUT2D eigenvalue weighted by atomic mass is 10.0. The Hall–Kier alpha value is -2.14. The Kier molecular flexibility index (Phi) is 49.4. The third kappa shape index (κ3) is 48.5. The molecule has 60 heavy (non-hydrogen) atoms. The second-order valence-electron chi connectivity index (χ2n) is 17.4. The van der Waals surface area contributed by atoms with Gasteiger partial charge in [-0.3, -0.25) is 9.59 Å². The third-order valence-electron chi connectivity index (χ3n) is 11.4. The first-order valence-electron chi connectivity index (χ1n) is 26.2. The predicted molar refractivity (Wildman–Crippen MR) is 261 cm³/mol. The van der Waals surface area contributed by atoms with Gasteiger partial charge in [-0.05, 0) is 44.9 Å². The lowest BCUT2D eigenvalue weighted by Gasteiger charge is -2.18. The zero-order valence-corrected chi connectivity index (χ0v) is 40.2. The van der Waals surface area contributed by atoms with E-state index in [-0.39, 0.29) is 25.2 Å². The van der Waals surface area contributed by atoms with E-state index < -0.39 is 6.10 Å². The Morgan fingerprint density at radius 1 is 0.383 bits per heavy atom. The molecule has 1 atom stereocenters. The zero-order valence-electron chi connectivity index (χ0n) is 40.2. The number of hydrogen-bond donors (Lipinski definition) is 0. The van der Waals surface area contributed by atoms with E-state index in [4.69, 9.17) is 14.2 Å². The summed E-state index contributed by atoms with van der Waals surface area (Å²) in [5.74, 6) is -0.480. The maximum Gasteiger partial charge on any atom is 0.306 e. The number of ether oxygens (including phenoxy) is 3. The van der Waals surface area contributed by atoms with Crippen molar-refractivity contribution in [3.8, 4) is 0 Å². The van der Waals surface area contributed by atoms with Gasteiger partial charge in [-0.25, -0.2) is 0 Å². The Morgan fingerprint density at radius 2 is 0.750 bits per heavy atom. The molecule has 0 heterocycles. The molecule has 5 nitrogen and oxygen atoms in total. The number of rotatable bonds is 48. The fourth-order valence-electron chi connectivity index (χ4n) is 7.53. The largest absolute Gasteiger partial charge is 0.462 e. The molecule has 0 aromatic carbocycles. The first kappa shape index (κ1) is 57.9. The van der Waals surface area contributed by atoms with Crippen LogP contribution in [0.1, 0.15) is 265 Å². The van der Waals surface area contributed by atoms with Gasteiger partial charge in [-0.1, -0.05) is 256 Å². The molecule has 0 aliphatic rings. The molecule has 0 rings (SSSR count). The van der Waals surface area contributed by atoms with Crippen molar-refractivity contribution in [2.75, 3.05) is 19.8 Å². The Bertz CT molecular complexity index is 997. The number of allylic oxidation sites excluding steroid dienone is 8. The van der Waals surface area contributed by atoms with Crippen LogP contribution in [-0.2, 0) is 23.8 Å². The Balaban J connectivity index is 4.22. The molecule has 0 aromatic heterocycles. The van der Waals surface area contributed by atoms with Gasteiger partial charge in [0.15, 0.2) is 6.10 Å². The number of carbonyl (C=O) groups is 2. The molecule has 0 saturated carbocycles. The van der Waals surface area contributed by atoms with E-state index in [1.807, 2.05) is 6.08 Å². The minimum absolute atomic E-state index is 0.0519. The van der Waals surface area contributed by atoms with Crippen LogP contribution < -0.4 is 0 Å². The van der Waals surface area contributed by atoms with Crippen LogP contribution in [0.15, 0.2) is 48.6 Å². The van der Waals surface area contributed by atoms with Crippen LogP contribution in [0.2, 0.25) is 0 Å². The smallest absolute Gasteiger partial charge is 0.306 e. The molecule has 0 N–H and O–H groups in total. The van der Waals surface area contributed by atoms with Gasteiger partial charge in [0.2, 0.25) is 0 Å². The number of hydrogen-bond acceptors (Lipinski definition) is 5. The second kappa shape index (κ2) is 51.2. The average molecular weight is 841 g/mol. The first-order valence-corrected chi connectivity index (χ1v) is 26.2. The lowest BCUT2D eigenvalue weighted by molar-refractivity contribution is -0.162. The van der Waals surface area contributed by atoms with Gasteiger partial charge in [0.05, 0.1) is 6.61 Å². The van der Waals surface area contributed by atoms with Gasteiger partial charge >= 0.3 is 11.9 Å². The average Bonchev–Trinajstić information content (AvgIpc) is 3.25. The highest BCUT2D eigenvalue weighted by atomic mass is 16.6. The van der Waals surface area contributed by atoms with E-state index in [1.54, 1.807) is 0 Å². The van der Waals surface area contributed by atoms with E-state index >= 15 is 0 Å². The van der Waals surface area contributed by atoms with Crippen molar-refractivity contribution in [2.24, 2.45) is 0 Å². The quantitative estimate of drug-likeness (QED) is 0.0347. The number of esters is 2. The number of unbranched alkanes of at least 4 members (excludes halogenated alkanes) is 29. The molecule has 0 amide bonds. The molecule has 0 bridgehead atoms. The molecule has 0 aromatic rings. The van der Waals surface area contributed by atoms with Crippen molar-refractivity contribution >= 4 is 11.9 Å². The Morgan fingerprint density at radius 3 is 1.17 bits per heavy atom. The highest BCUT2D eigenvalue weighted by Gasteiger charge is 2.17. The summed E-state index contributed by atoms with van der Waals surface area (Å²) in [5.41, 5.74) is 0. The van der Waals surface area contributed by atoms with Crippen molar-refractivity contribution in [3.63, 3.8) is 0 Å². The number of carbonyl (C=O) groups excluding carboxylic acids is 2. The van der Waals surface area contributed by atoms with E-state index in [2.05, 4.69) is 63.3 Å². The van der Waals surface area contributed by atoms with Crippen LogP contribution >= 0.6 is 0 Å². The highest BCUT2D eigenvalue weighted by molar-refractivity contribution is 5.70. The van der Waals surface area contributed by atoms with E-state index in [9.17, 15) is 9.59 Å². The topological polar surface area (TPSA) is 61.8 Å². The minimum atomic E-state index is -0.559. The van der Waals surface area contributed by atoms with Gasteiger partial charge in [-0.15, -0.1) is 0 Å². The molecule has 0 spiro atoms.